The highest BCUT2D eigenvalue weighted by molar-refractivity contribution is 5.97. The van der Waals surface area contributed by atoms with Gasteiger partial charge < -0.3 is 4.90 Å². The molecule has 3 aliphatic rings. The molecule has 0 fully saturated rings. The van der Waals surface area contributed by atoms with Gasteiger partial charge in [0.2, 0.25) is 0 Å². The highest BCUT2D eigenvalue weighted by Gasteiger charge is 2.47. The fraction of sp³-hybridized carbons (Fsp3) is 0.262. The molecule has 0 radical (unpaired) electrons. The Kier molecular flexibility index (Phi) is 9.79. The summed E-state index contributed by atoms with van der Waals surface area (Å²) < 4.78 is 0. The van der Waals surface area contributed by atoms with Gasteiger partial charge in [-0.3, -0.25) is 0 Å². The van der Waals surface area contributed by atoms with Crippen molar-refractivity contribution in [2.45, 2.75) is 108 Å². The van der Waals surface area contributed by atoms with Crippen LogP contribution in [0.25, 0.3) is 33.4 Å². The Morgan fingerprint density at radius 3 is 1.30 bits per heavy atom. The second-order valence-electron chi connectivity index (χ2n) is 22.2. The summed E-state index contributed by atoms with van der Waals surface area (Å²) in [4.78, 5) is 2.52. The number of rotatable bonds is 7. The highest BCUT2D eigenvalue weighted by Crippen LogP contribution is 2.59. The molecule has 0 aliphatic heterocycles. The van der Waals surface area contributed by atoms with Crippen molar-refractivity contribution in [1.29, 1.82) is 0 Å². The number of hydrogen-bond acceptors (Lipinski definition) is 1. The van der Waals surface area contributed by atoms with Crippen molar-refractivity contribution in [2.75, 3.05) is 4.90 Å². The summed E-state index contributed by atoms with van der Waals surface area (Å²) in [5.74, 6) is 0. The first-order valence-electron chi connectivity index (χ1n) is 24.3. The average Bonchev–Trinajstić information content (AvgIpc) is 3.63. The van der Waals surface area contributed by atoms with Gasteiger partial charge in [-0.1, -0.05) is 207 Å². The Balaban J connectivity index is 1.18. The predicted octanol–water partition coefficient (Wildman–Crippen LogP) is 17.6. The molecule has 8 aromatic rings. The second kappa shape index (κ2) is 15.3. The molecule has 0 saturated heterocycles. The minimum Gasteiger partial charge on any atom is -0.310 e. The third-order valence-electron chi connectivity index (χ3n) is 16.3. The second-order valence-corrected chi connectivity index (χ2v) is 22.2. The van der Waals surface area contributed by atoms with Gasteiger partial charge in [-0.05, 0) is 156 Å². The van der Waals surface area contributed by atoms with Crippen molar-refractivity contribution in [3.63, 3.8) is 0 Å². The van der Waals surface area contributed by atoms with E-state index in [9.17, 15) is 0 Å². The molecular weight excluding hydrogens is 795 g/mol. The molecule has 0 spiro atoms. The molecule has 66 heavy (non-hydrogen) atoms. The van der Waals surface area contributed by atoms with Crippen molar-refractivity contribution >= 4 is 17.1 Å². The van der Waals surface area contributed by atoms with E-state index in [2.05, 4.69) is 248 Å². The van der Waals surface area contributed by atoms with E-state index in [1.54, 1.807) is 0 Å². The van der Waals surface area contributed by atoms with Gasteiger partial charge in [0.15, 0.2) is 0 Å². The van der Waals surface area contributed by atoms with Crippen molar-refractivity contribution in [2.24, 2.45) is 0 Å². The lowest BCUT2D eigenvalue weighted by Crippen LogP contribution is -2.33. The Morgan fingerprint density at radius 1 is 0.303 bits per heavy atom. The maximum absolute atomic E-state index is 2.56. The van der Waals surface area contributed by atoms with Gasteiger partial charge >= 0.3 is 0 Å². The van der Waals surface area contributed by atoms with Gasteiger partial charge in [0, 0.05) is 16.9 Å². The maximum Gasteiger partial charge on any atom is 0.0714 e. The number of anilines is 3. The van der Waals surface area contributed by atoms with Crippen LogP contribution in [-0.4, -0.2) is 0 Å². The molecule has 1 nitrogen and oxygen atoms in total. The summed E-state index contributed by atoms with van der Waals surface area (Å²) in [7, 11) is 0. The van der Waals surface area contributed by atoms with Gasteiger partial charge in [0.1, 0.15) is 0 Å². The SMILES string of the molecule is CC1(C)CCC(C)(C)c2cc(-c3ccc(N(c4ccccc4)c4cc5c(cc4-c4ccc6c(c4)C(C)(C)CCC6(C)C)-c4ccccc4C5(c4ccccc4)c4ccccc4)cc3)ccc21. The molecule has 11 rings (SSSR count). The van der Waals surface area contributed by atoms with Crippen LogP contribution in [0.15, 0.2) is 188 Å². The molecular formula is C65H63N. The topological polar surface area (TPSA) is 3.24 Å². The third-order valence-corrected chi connectivity index (χ3v) is 16.3. The number of para-hydroxylation sites is 1. The zero-order valence-electron chi connectivity index (χ0n) is 40.2. The molecule has 8 aromatic carbocycles. The Labute approximate surface area is 394 Å². The first-order valence-corrected chi connectivity index (χ1v) is 24.3. The molecule has 0 N–H and O–H groups in total. The summed E-state index contributed by atoms with van der Waals surface area (Å²) in [6.07, 6.45) is 4.77. The molecule has 0 bridgehead atoms. The van der Waals surface area contributed by atoms with E-state index in [0.717, 1.165) is 11.4 Å². The van der Waals surface area contributed by atoms with Crippen molar-refractivity contribution in [3.05, 3.63) is 233 Å². The van der Waals surface area contributed by atoms with E-state index in [4.69, 9.17) is 0 Å². The Bertz CT molecular complexity index is 3070. The number of fused-ring (bicyclic) bond motifs is 5. The molecule has 0 atom stereocenters. The van der Waals surface area contributed by atoms with E-state index < -0.39 is 5.41 Å². The van der Waals surface area contributed by atoms with Gasteiger partial charge in [-0.15, -0.1) is 0 Å². The molecule has 0 heterocycles. The van der Waals surface area contributed by atoms with E-state index in [-0.39, 0.29) is 21.7 Å². The first-order chi connectivity index (χ1) is 31.7. The zero-order chi connectivity index (χ0) is 45.6. The maximum atomic E-state index is 2.56. The molecule has 0 aromatic heterocycles. The number of benzene rings is 8. The third kappa shape index (κ3) is 6.64. The molecule has 328 valence electrons. The van der Waals surface area contributed by atoms with Crippen LogP contribution in [0.2, 0.25) is 0 Å². The van der Waals surface area contributed by atoms with Crippen LogP contribution in [0, 0.1) is 0 Å². The van der Waals surface area contributed by atoms with Gasteiger partial charge in [-0.2, -0.15) is 0 Å². The summed E-state index contributed by atoms with van der Waals surface area (Å²) in [6, 6.07) is 71.8. The standard InChI is InChI=1S/C65H63N/c1-61(2)36-38-63(5,6)58-40-45(30-34-55(58)61)44-28-32-50(33-29-44)66(49-24-16-11-17-25-49)60-43-57-53(42-52(60)46-31-35-56-59(41-46)64(7,8)39-37-62(56,3)4)51-26-18-19-27-54(51)65(57,47-20-12-9-13-21-47)48-22-14-10-15-23-48/h9-35,40-43H,36-39H2,1-8H3. The summed E-state index contributed by atoms with van der Waals surface area (Å²) in [5.41, 5.74) is 22.1. The highest BCUT2D eigenvalue weighted by atomic mass is 15.1. The van der Waals surface area contributed by atoms with Crippen molar-refractivity contribution in [1.82, 2.24) is 0 Å². The molecule has 0 unspecified atom stereocenters. The number of hydrogen-bond donors (Lipinski definition) is 0. The van der Waals surface area contributed by atoms with Crippen LogP contribution in [0.3, 0.4) is 0 Å². The van der Waals surface area contributed by atoms with Crippen LogP contribution in [0.1, 0.15) is 126 Å². The lowest BCUT2D eigenvalue weighted by molar-refractivity contribution is 0.332. The minimum absolute atomic E-state index is 0.0662. The first kappa shape index (κ1) is 42.2. The molecule has 0 saturated carbocycles. The van der Waals surface area contributed by atoms with Crippen LogP contribution in [0.5, 0.6) is 0 Å². The monoisotopic (exact) mass is 857 g/mol. The van der Waals surface area contributed by atoms with E-state index >= 15 is 0 Å². The molecule has 1 heteroatoms. The quantitative estimate of drug-likeness (QED) is 0.154. The summed E-state index contributed by atoms with van der Waals surface area (Å²) in [6.45, 7) is 19.4. The molecule has 3 aliphatic carbocycles. The largest absolute Gasteiger partial charge is 0.310 e. The van der Waals surface area contributed by atoms with Crippen LogP contribution in [-0.2, 0) is 27.1 Å². The van der Waals surface area contributed by atoms with Crippen molar-refractivity contribution < 1.29 is 0 Å². The van der Waals surface area contributed by atoms with Crippen molar-refractivity contribution in [3.8, 4) is 33.4 Å². The van der Waals surface area contributed by atoms with Crippen LogP contribution in [0.4, 0.5) is 17.1 Å². The van der Waals surface area contributed by atoms with Crippen LogP contribution < -0.4 is 4.90 Å². The van der Waals surface area contributed by atoms with Gasteiger partial charge in [0.05, 0.1) is 11.1 Å². The predicted molar refractivity (Wildman–Crippen MR) is 280 cm³/mol. The summed E-state index contributed by atoms with van der Waals surface area (Å²) >= 11 is 0. The number of nitrogens with zero attached hydrogens (tertiary/aromatic N) is 1. The van der Waals surface area contributed by atoms with E-state index in [1.165, 1.54) is 109 Å². The smallest absolute Gasteiger partial charge is 0.0714 e. The van der Waals surface area contributed by atoms with Gasteiger partial charge in [-0.25, -0.2) is 0 Å². The fourth-order valence-corrected chi connectivity index (χ4v) is 12.2. The van der Waals surface area contributed by atoms with Crippen LogP contribution >= 0.6 is 0 Å². The Morgan fingerprint density at radius 2 is 0.742 bits per heavy atom. The molecule has 0 amide bonds. The lowest BCUT2D eigenvalue weighted by atomic mass is 9.63. The Hall–Kier alpha value is -6.44. The van der Waals surface area contributed by atoms with Gasteiger partial charge in [0.25, 0.3) is 0 Å². The van der Waals surface area contributed by atoms with E-state index in [1.807, 2.05) is 0 Å². The average molecular weight is 858 g/mol. The normalized spacial score (nSPS) is 17.8. The fourth-order valence-electron chi connectivity index (χ4n) is 12.2. The summed E-state index contributed by atoms with van der Waals surface area (Å²) in [5, 5.41) is 0. The van der Waals surface area contributed by atoms with E-state index in [0.29, 0.717) is 0 Å². The lowest BCUT2D eigenvalue weighted by Gasteiger charge is -2.42. The minimum atomic E-state index is -0.537. The zero-order valence-corrected chi connectivity index (χ0v) is 40.2.